The zero-order chi connectivity index (χ0) is 13.5. The predicted molar refractivity (Wildman–Crippen MR) is 72.9 cm³/mol. The Kier molecular flexibility index (Phi) is 4.92. The van der Waals surface area contributed by atoms with Gasteiger partial charge in [-0.05, 0) is 37.4 Å². The maximum atomic E-state index is 10.5. The van der Waals surface area contributed by atoms with Crippen molar-refractivity contribution >= 4 is 5.69 Å². The van der Waals surface area contributed by atoms with Crippen molar-refractivity contribution in [2.75, 3.05) is 13.1 Å². The van der Waals surface area contributed by atoms with E-state index in [4.69, 9.17) is 4.74 Å². The number of nitrogens with zero attached hydrogens (tertiary/aromatic N) is 1. The van der Waals surface area contributed by atoms with Gasteiger partial charge in [-0.2, -0.15) is 0 Å². The van der Waals surface area contributed by atoms with Gasteiger partial charge in [-0.15, -0.1) is 0 Å². The highest BCUT2D eigenvalue weighted by Crippen LogP contribution is 2.12. The van der Waals surface area contributed by atoms with Gasteiger partial charge in [0.05, 0.1) is 11.2 Å². The zero-order valence-corrected chi connectivity index (χ0v) is 10.7. The predicted octanol–water partition coefficient (Wildman–Crippen LogP) is 2.42. The molecule has 0 spiro atoms. The van der Waals surface area contributed by atoms with Crippen molar-refractivity contribution in [1.82, 2.24) is 5.32 Å². The first-order valence-corrected chi connectivity index (χ1v) is 6.50. The Morgan fingerprint density at radius 2 is 2.16 bits per heavy atom. The molecular formula is C14H18N2O3. The fourth-order valence-corrected chi connectivity index (χ4v) is 2.02. The van der Waals surface area contributed by atoms with Crippen molar-refractivity contribution in [2.24, 2.45) is 0 Å². The molecule has 1 N–H and O–H groups in total. The van der Waals surface area contributed by atoms with Gasteiger partial charge in [0, 0.05) is 18.7 Å². The Bertz CT molecular complexity index is 443. The molecule has 1 atom stereocenters. The maximum absolute atomic E-state index is 10.5. The van der Waals surface area contributed by atoms with Gasteiger partial charge in [-0.25, -0.2) is 0 Å². The van der Waals surface area contributed by atoms with Crippen LogP contribution in [-0.2, 0) is 11.2 Å². The van der Waals surface area contributed by atoms with Crippen LogP contribution in [0.3, 0.4) is 0 Å². The average Bonchev–Trinajstić information content (AvgIpc) is 2.45. The summed E-state index contributed by atoms with van der Waals surface area (Å²) in [5.41, 5.74) is 1.24. The van der Waals surface area contributed by atoms with Crippen molar-refractivity contribution in [3.63, 3.8) is 0 Å². The van der Waals surface area contributed by atoms with Gasteiger partial charge in [0.25, 0.3) is 5.69 Å². The van der Waals surface area contributed by atoms with Crippen LogP contribution in [0.1, 0.15) is 18.4 Å². The highest BCUT2D eigenvalue weighted by molar-refractivity contribution is 5.32. The van der Waals surface area contributed by atoms with Crippen LogP contribution in [0.4, 0.5) is 5.69 Å². The van der Waals surface area contributed by atoms with Crippen LogP contribution < -0.4 is 5.32 Å². The van der Waals surface area contributed by atoms with Crippen LogP contribution in [0, 0.1) is 10.1 Å². The number of hydrogen-bond donors (Lipinski definition) is 1. The summed E-state index contributed by atoms with van der Waals surface area (Å²) in [5.74, 6) is 0. The van der Waals surface area contributed by atoms with Gasteiger partial charge in [0.15, 0.2) is 0 Å². The van der Waals surface area contributed by atoms with Gasteiger partial charge in [-0.1, -0.05) is 12.1 Å². The van der Waals surface area contributed by atoms with E-state index in [0.29, 0.717) is 0 Å². The first-order valence-electron chi connectivity index (χ1n) is 6.50. The number of nitro benzene ring substituents is 1. The van der Waals surface area contributed by atoms with E-state index in [1.807, 2.05) is 6.08 Å². The maximum Gasteiger partial charge on any atom is 0.269 e. The molecule has 1 aliphatic rings. The van der Waals surface area contributed by atoms with E-state index in [1.54, 1.807) is 30.5 Å². The lowest BCUT2D eigenvalue weighted by atomic mass is 10.1. The van der Waals surface area contributed by atoms with Crippen LogP contribution in [0.15, 0.2) is 36.6 Å². The second kappa shape index (κ2) is 6.89. The highest BCUT2D eigenvalue weighted by Gasteiger charge is 2.09. The van der Waals surface area contributed by atoms with E-state index >= 15 is 0 Å². The molecule has 1 unspecified atom stereocenters. The zero-order valence-electron chi connectivity index (χ0n) is 10.7. The number of hydrogen-bond acceptors (Lipinski definition) is 4. The lowest BCUT2D eigenvalue weighted by Gasteiger charge is -2.19. The molecule has 0 fully saturated rings. The summed E-state index contributed by atoms with van der Waals surface area (Å²) < 4.78 is 5.45. The summed E-state index contributed by atoms with van der Waals surface area (Å²) in [6.45, 7) is 1.69. The fourth-order valence-electron chi connectivity index (χ4n) is 2.02. The van der Waals surface area contributed by atoms with Gasteiger partial charge in [0.2, 0.25) is 0 Å². The summed E-state index contributed by atoms with van der Waals surface area (Å²) in [6, 6.07) is 6.70. The summed E-state index contributed by atoms with van der Waals surface area (Å²) >= 11 is 0. The van der Waals surface area contributed by atoms with Crippen molar-refractivity contribution < 1.29 is 9.66 Å². The van der Waals surface area contributed by atoms with E-state index in [-0.39, 0.29) is 16.7 Å². The molecule has 102 valence electrons. The minimum absolute atomic E-state index is 0.138. The summed E-state index contributed by atoms with van der Waals surface area (Å²) in [6.07, 6.45) is 7.07. The molecule has 19 heavy (non-hydrogen) atoms. The molecule has 1 aromatic rings. The monoisotopic (exact) mass is 262 g/mol. The Hall–Kier alpha value is -1.88. The Morgan fingerprint density at radius 3 is 2.79 bits per heavy atom. The molecule has 5 nitrogen and oxygen atoms in total. The Labute approximate surface area is 112 Å². The first kappa shape index (κ1) is 13.5. The summed E-state index contributed by atoms with van der Waals surface area (Å²) in [4.78, 5) is 10.1. The molecule has 0 bridgehead atoms. The Balaban J connectivity index is 1.67. The molecule has 1 heterocycles. The van der Waals surface area contributed by atoms with Crippen LogP contribution >= 0.6 is 0 Å². The number of non-ortho nitro benzene ring substituents is 1. The van der Waals surface area contributed by atoms with Crippen molar-refractivity contribution in [2.45, 2.75) is 25.4 Å². The fraction of sp³-hybridized carbons (Fsp3) is 0.429. The molecule has 5 heteroatoms. The van der Waals surface area contributed by atoms with Crippen LogP contribution in [0.25, 0.3) is 0 Å². The quantitative estimate of drug-likeness (QED) is 0.486. The van der Waals surface area contributed by atoms with Crippen LogP contribution in [0.5, 0.6) is 0 Å². The molecule has 0 radical (unpaired) electrons. The van der Waals surface area contributed by atoms with Gasteiger partial charge in [-0.3, -0.25) is 10.1 Å². The second-order valence-corrected chi connectivity index (χ2v) is 4.58. The number of allylic oxidation sites excluding steroid dienone is 1. The van der Waals surface area contributed by atoms with Gasteiger partial charge in [0.1, 0.15) is 6.10 Å². The van der Waals surface area contributed by atoms with Crippen LogP contribution in [-0.4, -0.2) is 24.1 Å². The third kappa shape index (κ3) is 4.37. The molecular weight excluding hydrogens is 244 g/mol. The summed E-state index contributed by atoms with van der Waals surface area (Å²) in [7, 11) is 0. The molecule has 0 saturated heterocycles. The third-order valence-corrected chi connectivity index (χ3v) is 3.13. The number of rotatable bonds is 6. The number of nitro groups is 1. The van der Waals surface area contributed by atoms with Crippen LogP contribution in [0.2, 0.25) is 0 Å². The van der Waals surface area contributed by atoms with E-state index in [9.17, 15) is 10.1 Å². The summed E-state index contributed by atoms with van der Waals surface area (Å²) in [5, 5.41) is 13.9. The minimum atomic E-state index is -0.379. The van der Waals surface area contributed by atoms with Crippen molar-refractivity contribution in [3.05, 3.63) is 52.3 Å². The minimum Gasteiger partial charge on any atom is -0.497 e. The standard InChI is InChI=1S/C14H18N2O3/c17-16(18)13-6-4-12(5-7-13)8-9-15-11-14-3-1-2-10-19-14/h2,4-7,10,14-15H,1,3,8-9,11H2. The van der Waals surface area contributed by atoms with E-state index in [1.165, 1.54) is 0 Å². The largest absolute Gasteiger partial charge is 0.497 e. The molecule has 0 aromatic heterocycles. The smallest absolute Gasteiger partial charge is 0.269 e. The lowest BCUT2D eigenvalue weighted by Crippen LogP contribution is -2.30. The number of nitrogens with one attached hydrogen (secondary N) is 1. The number of benzene rings is 1. The molecule has 1 aromatic carbocycles. The Morgan fingerprint density at radius 1 is 1.37 bits per heavy atom. The van der Waals surface area contributed by atoms with Gasteiger partial charge >= 0.3 is 0 Å². The average molecular weight is 262 g/mol. The van der Waals surface area contributed by atoms with Gasteiger partial charge < -0.3 is 10.1 Å². The molecule has 0 saturated carbocycles. The van der Waals surface area contributed by atoms with E-state index in [2.05, 4.69) is 5.32 Å². The second-order valence-electron chi connectivity index (χ2n) is 4.58. The highest BCUT2D eigenvalue weighted by atomic mass is 16.6. The SMILES string of the molecule is O=[N+]([O-])c1ccc(CCNCC2CCC=CO2)cc1. The normalized spacial score (nSPS) is 18.0. The molecule has 1 aliphatic heterocycles. The lowest BCUT2D eigenvalue weighted by molar-refractivity contribution is -0.384. The molecule has 0 amide bonds. The molecule has 0 aliphatic carbocycles. The van der Waals surface area contributed by atoms with E-state index in [0.717, 1.165) is 37.9 Å². The number of ether oxygens (including phenoxy) is 1. The topological polar surface area (TPSA) is 64.4 Å². The van der Waals surface area contributed by atoms with Crippen molar-refractivity contribution in [1.29, 1.82) is 0 Å². The third-order valence-electron chi connectivity index (χ3n) is 3.13. The molecule has 2 rings (SSSR count). The van der Waals surface area contributed by atoms with E-state index < -0.39 is 0 Å². The first-order chi connectivity index (χ1) is 9.25. The van der Waals surface area contributed by atoms with Crippen molar-refractivity contribution in [3.8, 4) is 0 Å².